The lowest BCUT2D eigenvalue weighted by molar-refractivity contribution is -0.127. The molecule has 164 valence electrons. The molecule has 2 unspecified atom stereocenters. The summed E-state index contributed by atoms with van der Waals surface area (Å²) in [5.74, 6) is 0.266. The molecule has 1 fully saturated rings. The summed E-state index contributed by atoms with van der Waals surface area (Å²) < 4.78 is 25.2. The van der Waals surface area contributed by atoms with Crippen LogP contribution in [0.15, 0.2) is 29.3 Å². The summed E-state index contributed by atoms with van der Waals surface area (Å²) in [4.78, 5) is 17.7. The molecule has 1 aliphatic heterocycles. The molecule has 0 bridgehead atoms. The molecule has 0 spiro atoms. The molecular formula is C20H32FIN4O3. The molecule has 1 heterocycles. The number of aliphatic imine (C=N–C) groups is 1. The lowest BCUT2D eigenvalue weighted by Crippen LogP contribution is -2.45. The Kier molecular flexibility index (Phi) is 11.9. The van der Waals surface area contributed by atoms with Gasteiger partial charge in [-0.05, 0) is 31.4 Å². The first-order valence-electron chi connectivity index (χ1n) is 9.74. The molecule has 1 aromatic rings. The Morgan fingerprint density at radius 1 is 1.38 bits per heavy atom. The molecule has 0 radical (unpaired) electrons. The number of rotatable bonds is 9. The summed E-state index contributed by atoms with van der Waals surface area (Å²) in [7, 11) is 3.39. The van der Waals surface area contributed by atoms with Gasteiger partial charge in [0.1, 0.15) is 12.6 Å². The third-order valence-electron chi connectivity index (χ3n) is 4.48. The Morgan fingerprint density at radius 3 is 2.76 bits per heavy atom. The van der Waals surface area contributed by atoms with E-state index in [4.69, 9.17) is 9.47 Å². The Morgan fingerprint density at radius 2 is 2.14 bits per heavy atom. The molecule has 0 saturated carbocycles. The molecule has 29 heavy (non-hydrogen) atoms. The average molecular weight is 522 g/mol. The van der Waals surface area contributed by atoms with E-state index in [2.05, 4.69) is 15.6 Å². The first-order chi connectivity index (χ1) is 13.5. The second kappa shape index (κ2) is 13.6. The normalized spacial score (nSPS) is 17.2. The van der Waals surface area contributed by atoms with Crippen LogP contribution in [0.2, 0.25) is 0 Å². The van der Waals surface area contributed by atoms with Gasteiger partial charge in [0.15, 0.2) is 17.5 Å². The van der Waals surface area contributed by atoms with Crippen LogP contribution in [0.5, 0.6) is 5.75 Å². The minimum absolute atomic E-state index is 0. The number of carbonyl (C=O) groups is 1. The molecule has 7 nitrogen and oxygen atoms in total. The highest BCUT2D eigenvalue weighted by atomic mass is 127. The predicted octanol–water partition coefficient (Wildman–Crippen LogP) is 2.40. The molecule has 1 saturated heterocycles. The van der Waals surface area contributed by atoms with Crippen molar-refractivity contribution in [3.8, 4) is 5.75 Å². The van der Waals surface area contributed by atoms with Crippen molar-refractivity contribution >= 4 is 35.8 Å². The third kappa shape index (κ3) is 9.16. The standard InChI is InChI=1S/C20H31FN4O3.HI/c1-4-15(28-18-10-6-5-9-17(18)21)12-22-20(24-14-19(26)25(2)3)23-13-16-8-7-11-27-16;/h5-6,9-10,15-16H,4,7-8,11-14H2,1-3H3,(H2,22,23,24);1H. The first kappa shape index (κ1) is 25.4. The Bertz CT molecular complexity index is 654. The minimum Gasteiger partial charge on any atom is -0.486 e. The van der Waals surface area contributed by atoms with E-state index in [0.717, 1.165) is 19.4 Å². The van der Waals surface area contributed by atoms with Gasteiger partial charge in [-0.1, -0.05) is 19.1 Å². The van der Waals surface area contributed by atoms with Crippen molar-refractivity contribution in [2.75, 3.05) is 40.3 Å². The van der Waals surface area contributed by atoms with Gasteiger partial charge in [0.2, 0.25) is 5.91 Å². The van der Waals surface area contributed by atoms with Crippen LogP contribution in [0.3, 0.4) is 0 Å². The number of guanidine groups is 1. The van der Waals surface area contributed by atoms with E-state index < -0.39 is 0 Å². The van der Waals surface area contributed by atoms with Gasteiger partial charge in [0.05, 0.1) is 12.6 Å². The molecule has 0 aromatic heterocycles. The van der Waals surface area contributed by atoms with Crippen LogP contribution in [0.1, 0.15) is 26.2 Å². The average Bonchev–Trinajstić information content (AvgIpc) is 3.20. The maximum absolute atomic E-state index is 13.8. The van der Waals surface area contributed by atoms with Gasteiger partial charge in [0, 0.05) is 27.2 Å². The monoisotopic (exact) mass is 522 g/mol. The lowest BCUT2D eigenvalue weighted by Gasteiger charge is -2.21. The highest BCUT2D eigenvalue weighted by Crippen LogP contribution is 2.17. The zero-order valence-electron chi connectivity index (χ0n) is 17.3. The zero-order valence-corrected chi connectivity index (χ0v) is 19.6. The van der Waals surface area contributed by atoms with Gasteiger partial charge in [0.25, 0.3) is 0 Å². The fraction of sp³-hybridized carbons (Fsp3) is 0.600. The van der Waals surface area contributed by atoms with Gasteiger partial charge in [-0.25, -0.2) is 9.38 Å². The van der Waals surface area contributed by atoms with Crippen LogP contribution in [0.25, 0.3) is 0 Å². The van der Waals surface area contributed by atoms with E-state index in [1.165, 1.54) is 11.0 Å². The summed E-state index contributed by atoms with van der Waals surface area (Å²) in [6, 6.07) is 6.35. The summed E-state index contributed by atoms with van der Waals surface area (Å²) in [6.45, 7) is 3.84. The van der Waals surface area contributed by atoms with E-state index >= 15 is 0 Å². The number of amides is 1. The number of halogens is 2. The van der Waals surface area contributed by atoms with E-state index in [1.807, 2.05) is 6.92 Å². The predicted molar refractivity (Wildman–Crippen MR) is 122 cm³/mol. The van der Waals surface area contributed by atoms with Crippen LogP contribution >= 0.6 is 24.0 Å². The Balaban J connectivity index is 0.00000420. The van der Waals surface area contributed by atoms with Crippen molar-refractivity contribution in [1.29, 1.82) is 0 Å². The zero-order chi connectivity index (χ0) is 20.4. The molecule has 9 heteroatoms. The number of carbonyl (C=O) groups excluding carboxylic acids is 1. The van der Waals surface area contributed by atoms with E-state index in [-0.39, 0.29) is 60.2 Å². The third-order valence-corrected chi connectivity index (χ3v) is 4.48. The van der Waals surface area contributed by atoms with Gasteiger partial charge in [-0.2, -0.15) is 0 Å². The largest absolute Gasteiger partial charge is 0.486 e. The van der Waals surface area contributed by atoms with E-state index in [1.54, 1.807) is 32.3 Å². The van der Waals surface area contributed by atoms with E-state index in [0.29, 0.717) is 25.5 Å². The van der Waals surface area contributed by atoms with Crippen LogP contribution in [-0.2, 0) is 9.53 Å². The molecule has 0 aliphatic carbocycles. The fourth-order valence-electron chi connectivity index (χ4n) is 2.68. The fourth-order valence-corrected chi connectivity index (χ4v) is 2.68. The van der Waals surface area contributed by atoms with Gasteiger partial charge >= 0.3 is 0 Å². The van der Waals surface area contributed by atoms with Crippen molar-refractivity contribution in [1.82, 2.24) is 15.5 Å². The number of nitrogens with zero attached hydrogens (tertiary/aromatic N) is 2. The lowest BCUT2D eigenvalue weighted by atomic mass is 10.2. The molecule has 1 aromatic carbocycles. The number of para-hydroxylation sites is 1. The van der Waals surface area contributed by atoms with Gasteiger partial charge < -0.3 is 25.0 Å². The quantitative estimate of drug-likeness (QED) is 0.296. The van der Waals surface area contributed by atoms with Crippen LogP contribution < -0.4 is 15.4 Å². The number of hydrogen-bond acceptors (Lipinski definition) is 4. The number of ether oxygens (including phenoxy) is 2. The molecule has 2 rings (SSSR count). The van der Waals surface area contributed by atoms with Gasteiger partial charge in [-0.3, -0.25) is 4.79 Å². The van der Waals surface area contributed by atoms with Gasteiger partial charge in [-0.15, -0.1) is 24.0 Å². The van der Waals surface area contributed by atoms with Crippen LogP contribution in [-0.4, -0.2) is 69.3 Å². The maximum Gasteiger partial charge on any atom is 0.243 e. The molecule has 2 N–H and O–H groups in total. The number of benzene rings is 1. The highest BCUT2D eigenvalue weighted by Gasteiger charge is 2.17. The molecule has 2 atom stereocenters. The highest BCUT2D eigenvalue weighted by molar-refractivity contribution is 14.0. The van der Waals surface area contributed by atoms with Crippen molar-refractivity contribution in [3.05, 3.63) is 30.1 Å². The summed E-state index contributed by atoms with van der Waals surface area (Å²) >= 11 is 0. The maximum atomic E-state index is 13.8. The van der Waals surface area contributed by atoms with Crippen molar-refractivity contribution in [2.24, 2.45) is 4.99 Å². The summed E-state index contributed by atoms with van der Waals surface area (Å²) in [6.07, 6.45) is 2.66. The molecule has 1 amide bonds. The van der Waals surface area contributed by atoms with Crippen LogP contribution in [0.4, 0.5) is 4.39 Å². The van der Waals surface area contributed by atoms with Crippen LogP contribution in [0, 0.1) is 5.82 Å². The summed E-state index contributed by atoms with van der Waals surface area (Å²) in [5, 5.41) is 6.42. The number of nitrogens with one attached hydrogen (secondary N) is 2. The van der Waals surface area contributed by atoms with Crippen molar-refractivity contribution in [3.63, 3.8) is 0 Å². The number of hydrogen-bond donors (Lipinski definition) is 2. The smallest absolute Gasteiger partial charge is 0.243 e. The Hall–Kier alpha value is -1.62. The second-order valence-corrected chi connectivity index (χ2v) is 6.93. The molecular weight excluding hydrogens is 490 g/mol. The summed E-state index contributed by atoms with van der Waals surface area (Å²) in [5.41, 5.74) is 0. The van der Waals surface area contributed by atoms with E-state index in [9.17, 15) is 9.18 Å². The second-order valence-electron chi connectivity index (χ2n) is 6.93. The number of likely N-dealkylation sites (N-methyl/N-ethyl adjacent to an activating group) is 1. The topological polar surface area (TPSA) is 75.2 Å². The van der Waals surface area contributed by atoms with Crippen molar-refractivity contribution < 1.29 is 18.7 Å². The first-order valence-corrected chi connectivity index (χ1v) is 9.74. The van der Waals surface area contributed by atoms with Crippen molar-refractivity contribution in [2.45, 2.75) is 38.4 Å². The molecule has 1 aliphatic rings. The Labute approximate surface area is 189 Å². The minimum atomic E-state index is -0.386. The SMILES string of the molecule is CCC(CNC(=NCC(=O)N(C)C)NCC1CCCO1)Oc1ccccc1F.I.